The maximum atomic E-state index is 12.6. The molecule has 1 aromatic carbocycles. The summed E-state index contributed by atoms with van der Waals surface area (Å²) < 4.78 is 23.6. The van der Waals surface area contributed by atoms with Crippen LogP contribution in [-0.2, 0) is 21.2 Å². The van der Waals surface area contributed by atoms with Crippen molar-refractivity contribution in [2.24, 2.45) is 0 Å². The van der Waals surface area contributed by atoms with Crippen LogP contribution in [0.5, 0.6) is 0 Å². The number of sulfone groups is 1. The Morgan fingerprint density at radius 2 is 1.78 bits per heavy atom. The molecule has 0 bridgehead atoms. The number of hydrogen-bond donors (Lipinski definition) is 3. The summed E-state index contributed by atoms with van der Waals surface area (Å²) in [6.07, 6.45) is 3.58. The van der Waals surface area contributed by atoms with Gasteiger partial charge < -0.3 is 14.6 Å². The van der Waals surface area contributed by atoms with Crippen LogP contribution in [0.3, 0.4) is 0 Å². The Balaban J connectivity index is 1.74. The molecule has 2 heterocycles. The zero-order valence-corrected chi connectivity index (χ0v) is 19.0. The monoisotopic (exact) mass is 463 g/mol. The molecule has 32 heavy (non-hydrogen) atoms. The summed E-state index contributed by atoms with van der Waals surface area (Å²) in [5, 5.41) is 18.6. The number of anilines is 1. The number of amides is 1. The molecule has 10 heteroatoms. The summed E-state index contributed by atoms with van der Waals surface area (Å²) in [6.45, 7) is 2.82. The van der Waals surface area contributed by atoms with Crippen LogP contribution in [-0.4, -0.2) is 59.4 Å². The number of pyridine rings is 1. The van der Waals surface area contributed by atoms with E-state index in [1.807, 2.05) is 24.3 Å². The summed E-state index contributed by atoms with van der Waals surface area (Å²) in [6, 6.07) is 11.1. The number of nitrogens with zero attached hydrogens (tertiary/aromatic N) is 2. The van der Waals surface area contributed by atoms with Crippen LogP contribution < -0.4 is 15.9 Å². The Kier molecular flexibility index (Phi) is 7.06. The third-order valence-electron chi connectivity index (χ3n) is 6.26. The van der Waals surface area contributed by atoms with E-state index < -0.39 is 20.5 Å². The number of aryl methyl sites for hydroxylation is 1. The van der Waals surface area contributed by atoms with Gasteiger partial charge in [0, 0.05) is 43.8 Å². The summed E-state index contributed by atoms with van der Waals surface area (Å²) in [5.74, 6) is -1.03. The molecule has 3 rings (SSSR count). The van der Waals surface area contributed by atoms with Crippen LogP contribution in [0.1, 0.15) is 26.2 Å². The lowest BCUT2D eigenvalue weighted by Crippen LogP contribution is -2.49. The van der Waals surface area contributed by atoms with E-state index >= 15 is 0 Å². The highest BCUT2D eigenvalue weighted by atomic mass is 32.2. The molecule has 1 aliphatic rings. The van der Waals surface area contributed by atoms with Crippen LogP contribution in [0.2, 0.25) is 0 Å². The number of carbonyl (C=O) groups excluding carboxylic acids is 1. The van der Waals surface area contributed by atoms with Gasteiger partial charge in [-0.1, -0.05) is 12.1 Å². The van der Waals surface area contributed by atoms with Crippen LogP contribution in [0.4, 0.5) is 5.69 Å². The van der Waals surface area contributed by atoms with Crippen molar-refractivity contribution >= 4 is 21.4 Å². The van der Waals surface area contributed by atoms with Crippen LogP contribution in [0, 0.1) is 0 Å². The lowest BCUT2D eigenvalue weighted by Gasteiger charge is -2.31. The molecule has 1 aromatic heterocycles. The van der Waals surface area contributed by atoms with E-state index in [4.69, 9.17) is 5.21 Å². The van der Waals surface area contributed by atoms with Crippen LogP contribution in [0.15, 0.2) is 47.4 Å². The van der Waals surface area contributed by atoms with Crippen molar-refractivity contribution < 1.29 is 23.5 Å². The second kappa shape index (κ2) is 9.43. The molecule has 0 saturated carbocycles. The first-order valence-corrected chi connectivity index (χ1v) is 12.3. The molecule has 1 amide bonds. The number of aromatic nitrogens is 1. The fourth-order valence-electron chi connectivity index (χ4n) is 3.78. The number of benzene rings is 1. The summed E-state index contributed by atoms with van der Waals surface area (Å²) in [7, 11) is -3.83. The van der Waals surface area contributed by atoms with Crippen molar-refractivity contribution in [3.05, 3.63) is 52.9 Å². The standard InChI is InChI=1S/C22H29N3O6S/c1-22(21(28)23-29,32(2,30)31)10-14-25-11-7-17(15-20(25)27)16-3-5-18(6-4-16)24-12-8-19(26)9-13-24/h3-7,11,15,19,26,29H,8-10,12-14H2,1-2H3,(H,23,28). The molecule has 1 unspecified atom stereocenters. The topological polar surface area (TPSA) is 129 Å². The van der Waals surface area contributed by atoms with Gasteiger partial charge in [-0.05, 0) is 55.5 Å². The number of aliphatic hydroxyl groups excluding tert-OH is 1. The van der Waals surface area contributed by atoms with E-state index in [0.717, 1.165) is 49.0 Å². The van der Waals surface area contributed by atoms with Crippen molar-refractivity contribution in [1.82, 2.24) is 10.0 Å². The van der Waals surface area contributed by atoms with E-state index in [1.54, 1.807) is 12.3 Å². The van der Waals surface area contributed by atoms with Crippen molar-refractivity contribution in [2.45, 2.75) is 43.6 Å². The normalized spacial score (nSPS) is 17.1. The van der Waals surface area contributed by atoms with Crippen molar-refractivity contribution in [3.8, 4) is 11.1 Å². The maximum Gasteiger partial charge on any atom is 0.264 e. The second-order valence-electron chi connectivity index (χ2n) is 8.41. The van der Waals surface area contributed by atoms with Gasteiger partial charge in [0.2, 0.25) is 0 Å². The molecule has 0 spiro atoms. The Bertz CT molecular complexity index is 1120. The lowest BCUT2D eigenvalue weighted by atomic mass is 10.0. The summed E-state index contributed by atoms with van der Waals surface area (Å²) >= 11 is 0. The van der Waals surface area contributed by atoms with Gasteiger partial charge in [-0.25, -0.2) is 13.9 Å². The van der Waals surface area contributed by atoms with Crippen LogP contribution in [0.25, 0.3) is 11.1 Å². The van der Waals surface area contributed by atoms with Crippen molar-refractivity contribution in [1.29, 1.82) is 0 Å². The van der Waals surface area contributed by atoms with Gasteiger partial charge >= 0.3 is 0 Å². The third kappa shape index (κ3) is 5.03. The zero-order valence-electron chi connectivity index (χ0n) is 18.2. The maximum absolute atomic E-state index is 12.6. The van der Waals surface area contributed by atoms with Gasteiger partial charge in [0.15, 0.2) is 14.6 Å². The van der Waals surface area contributed by atoms with Gasteiger partial charge in [-0.15, -0.1) is 0 Å². The number of hydroxylamine groups is 1. The average Bonchev–Trinajstić information content (AvgIpc) is 2.77. The summed E-state index contributed by atoms with van der Waals surface area (Å²) in [4.78, 5) is 26.8. The number of rotatable bonds is 7. The molecule has 2 aromatic rings. The molecular weight excluding hydrogens is 434 g/mol. The van der Waals surface area contributed by atoms with Crippen LogP contribution >= 0.6 is 0 Å². The van der Waals surface area contributed by atoms with Gasteiger partial charge in [0.25, 0.3) is 11.5 Å². The molecule has 0 radical (unpaired) electrons. The highest BCUT2D eigenvalue weighted by molar-refractivity contribution is 7.92. The molecule has 174 valence electrons. The Hall–Kier alpha value is -2.69. The molecule has 9 nitrogen and oxygen atoms in total. The highest BCUT2D eigenvalue weighted by Gasteiger charge is 2.43. The minimum absolute atomic E-state index is 0.00411. The molecule has 1 fully saturated rings. The molecule has 3 N–H and O–H groups in total. The fraction of sp³-hybridized carbons (Fsp3) is 0.455. The van der Waals surface area contributed by atoms with E-state index in [2.05, 4.69) is 4.90 Å². The first-order valence-electron chi connectivity index (χ1n) is 10.4. The molecule has 1 atom stereocenters. The zero-order chi connectivity index (χ0) is 23.5. The van der Waals surface area contributed by atoms with Gasteiger partial charge in [0.1, 0.15) is 0 Å². The molecular formula is C22H29N3O6S. The second-order valence-corrected chi connectivity index (χ2v) is 10.9. The van der Waals surface area contributed by atoms with E-state index in [-0.39, 0.29) is 24.6 Å². The molecule has 1 aliphatic heterocycles. The number of hydrogen-bond acceptors (Lipinski definition) is 7. The Morgan fingerprint density at radius 3 is 2.31 bits per heavy atom. The van der Waals surface area contributed by atoms with E-state index in [9.17, 15) is 23.1 Å². The minimum atomic E-state index is -3.83. The quantitative estimate of drug-likeness (QED) is 0.415. The number of nitrogens with one attached hydrogen (secondary N) is 1. The number of carbonyl (C=O) groups is 1. The van der Waals surface area contributed by atoms with Gasteiger partial charge in [-0.3, -0.25) is 14.8 Å². The molecule has 0 aliphatic carbocycles. The first-order chi connectivity index (χ1) is 15.0. The van der Waals surface area contributed by atoms with Gasteiger partial charge in [0.05, 0.1) is 6.10 Å². The van der Waals surface area contributed by atoms with Crippen molar-refractivity contribution in [2.75, 3.05) is 24.2 Å². The third-order valence-corrected chi connectivity index (χ3v) is 8.28. The van der Waals surface area contributed by atoms with E-state index in [0.29, 0.717) is 0 Å². The predicted octanol–water partition coefficient (Wildman–Crippen LogP) is 1.18. The van der Waals surface area contributed by atoms with Crippen molar-refractivity contribution in [3.63, 3.8) is 0 Å². The number of aliphatic hydroxyl groups is 1. The predicted molar refractivity (Wildman–Crippen MR) is 121 cm³/mol. The number of piperidine rings is 1. The largest absolute Gasteiger partial charge is 0.393 e. The summed E-state index contributed by atoms with van der Waals surface area (Å²) in [5.41, 5.74) is 3.74. The lowest BCUT2D eigenvalue weighted by molar-refractivity contribution is -0.131. The van der Waals surface area contributed by atoms with E-state index in [1.165, 1.54) is 23.0 Å². The highest BCUT2D eigenvalue weighted by Crippen LogP contribution is 2.25. The average molecular weight is 464 g/mol. The Morgan fingerprint density at radius 1 is 1.16 bits per heavy atom. The fourth-order valence-corrected chi connectivity index (χ4v) is 4.62. The molecule has 1 saturated heterocycles. The van der Waals surface area contributed by atoms with Gasteiger partial charge in [-0.2, -0.15) is 0 Å². The SMILES string of the molecule is CC(CCn1ccc(-c2ccc(N3CCC(O)CC3)cc2)cc1=O)(C(=O)NO)S(C)(=O)=O. The smallest absolute Gasteiger partial charge is 0.264 e. The Labute approximate surface area is 187 Å². The minimum Gasteiger partial charge on any atom is -0.393 e. The first kappa shape index (κ1) is 24.0.